The van der Waals surface area contributed by atoms with Crippen LogP contribution in [0, 0.1) is 5.82 Å². The summed E-state index contributed by atoms with van der Waals surface area (Å²) < 4.78 is 13.5. The Hall–Kier alpha value is -2.82. The maximum absolute atomic E-state index is 13.5. The highest BCUT2D eigenvalue weighted by atomic mass is 19.1. The number of anilines is 1. The molecule has 2 N–H and O–H groups in total. The molecule has 0 radical (unpaired) electrons. The Balaban J connectivity index is 1.81. The van der Waals surface area contributed by atoms with Crippen LogP contribution in [0.5, 0.6) is 5.75 Å². The number of hydrogen-bond acceptors (Lipinski definition) is 4. The maximum atomic E-state index is 13.5. The second-order valence-corrected chi connectivity index (χ2v) is 5.24. The molecule has 0 spiro atoms. The van der Waals surface area contributed by atoms with Crippen LogP contribution in [0.4, 0.5) is 10.1 Å². The summed E-state index contributed by atoms with van der Waals surface area (Å²) in [6.07, 6.45) is 3.46. The fourth-order valence-corrected chi connectivity index (χ4v) is 2.42. The molecular weight excluding hydrogens is 293 g/mol. The smallest absolute Gasteiger partial charge is 0.196 e. The van der Waals surface area contributed by atoms with Gasteiger partial charge in [-0.2, -0.15) is 0 Å². The molecular formula is C18H18FN3O. The van der Waals surface area contributed by atoms with Crippen LogP contribution in [0.15, 0.2) is 59.7 Å². The van der Waals surface area contributed by atoms with Crippen molar-refractivity contribution < 1.29 is 9.50 Å². The molecule has 2 aromatic carbocycles. The summed E-state index contributed by atoms with van der Waals surface area (Å²) in [6.45, 7) is 2.79. The molecule has 1 aliphatic heterocycles. The molecule has 118 valence electrons. The lowest BCUT2D eigenvalue weighted by Crippen LogP contribution is -2.37. The number of benzene rings is 2. The largest absolute Gasteiger partial charge is 0.505 e. The standard InChI is InChI=1S/C18H18FN3O/c1-2-22-12-14(13-8-9-17(23)16(19)10-13)11-20-18(22)21-15-6-4-3-5-7-15/h3-12,18,21,23H,2H2,1H3. The number of phenols is 1. The molecule has 1 aliphatic rings. The van der Waals surface area contributed by atoms with Crippen LogP contribution in [0.25, 0.3) is 5.57 Å². The molecule has 1 heterocycles. The normalized spacial score (nSPS) is 17.0. The highest BCUT2D eigenvalue weighted by Crippen LogP contribution is 2.24. The van der Waals surface area contributed by atoms with Gasteiger partial charge in [0.1, 0.15) is 0 Å². The van der Waals surface area contributed by atoms with Crippen LogP contribution < -0.4 is 5.32 Å². The zero-order valence-corrected chi connectivity index (χ0v) is 12.8. The molecule has 0 fully saturated rings. The van der Waals surface area contributed by atoms with Crippen molar-refractivity contribution in [2.24, 2.45) is 4.99 Å². The molecule has 4 nitrogen and oxygen atoms in total. The number of halogens is 1. The average Bonchev–Trinajstić information content (AvgIpc) is 2.58. The minimum Gasteiger partial charge on any atom is -0.505 e. The summed E-state index contributed by atoms with van der Waals surface area (Å²) in [7, 11) is 0. The van der Waals surface area contributed by atoms with Gasteiger partial charge >= 0.3 is 0 Å². The number of nitrogens with zero attached hydrogens (tertiary/aromatic N) is 2. The van der Waals surface area contributed by atoms with E-state index in [9.17, 15) is 9.50 Å². The van der Waals surface area contributed by atoms with Gasteiger partial charge in [0, 0.05) is 30.2 Å². The zero-order valence-electron chi connectivity index (χ0n) is 12.8. The lowest BCUT2D eigenvalue weighted by Gasteiger charge is -2.31. The minimum absolute atomic E-state index is 0.201. The van der Waals surface area contributed by atoms with Crippen LogP contribution in [0.3, 0.4) is 0 Å². The third kappa shape index (κ3) is 3.34. The van der Waals surface area contributed by atoms with E-state index < -0.39 is 5.82 Å². The first-order chi connectivity index (χ1) is 11.2. The van der Waals surface area contributed by atoms with Gasteiger partial charge in [-0.05, 0) is 36.8 Å². The van der Waals surface area contributed by atoms with Crippen LogP contribution in [-0.4, -0.2) is 29.1 Å². The van der Waals surface area contributed by atoms with Crippen molar-refractivity contribution in [3.63, 3.8) is 0 Å². The zero-order chi connectivity index (χ0) is 16.2. The lowest BCUT2D eigenvalue weighted by molar-refractivity contribution is 0.324. The Labute approximate surface area is 134 Å². The number of aromatic hydroxyl groups is 1. The van der Waals surface area contributed by atoms with Crippen molar-refractivity contribution in [1.29, 1.82) is 0 Å². The van der Waals surface area contributed by atoms with Gasteiger partial charge < -0.3 is 15.3 Å². The van der Waals surface area contributed by atoms with Gasteiger partial charge in [0.05, 0.1) is 0 Å². The minimum atomic E-state index is -0.635. The SMILES string of the molecule is CCN1C=C(c2ccc(O)c(F)c2)C=NC1Nc1ccccc1. The van der Waals surface area contributed by atoms with E-state index in [1.165, 1.54) is 12.1 Å². The van der Waals surface area contributed by atoms with Gasteiger partial charge in [-0.3, -0.25) is 0 Å². The van der Waals surface area contributed by atoms with Crippen molar-refractivity contribution in [2.75, 3.05) is 11.9 Å². The van der Waals surface area contributed by atoms with E-state index in [2.05, 4.69) is 10.3 Å². The fourth-order valence-electron chi connectivity index (χ4n) is 2.42. The number of aliphatic imine (C=N–C) groups is 1. The first-order valence-electron chi connectivity index (χ1n) is 7.48. The summed E-state index contributed by atoms with van der Waals surface area (Å²) in [5.41, 5.74) is 2.47. The van der Waals surface area contributed by atoms with Crippen molar-refractivity contribution in [1.82, 2.24) is 4.90 Å². The van der Waals surface area contributed by atoms with E-state index in [0.717, 1.165) is 17.8 Å². The van der Waals surface area contributed by atoms with Gasteiger partial charge in [-0.1, -0.05) is 24.3 Å². The Morgan fingerprint density at radius 3 is 2.70 bits per heavy atom. The van der Waals surface area contributed by atoms with Crippen LogP contribution in [0.2, 0.25) is 0 Å². The van der Waals surface area contributed by atoms with E-state index in [1.807, 2.05) is 48.4 Å². The predicted molar refractivity (Wildman–Crippen MR) is 90.8 cm³/mol. The highest BCUT2D eigenvalue weighted by Gasteiger charge is 2.18. The Bertz CT molecular complexity index is 743. The number of nitrogens with one attached hydrogen (secondary N) is 1. The molecule has 1 atom stereocenters. The van der Waals surface area contributed by atoms with E-state index in [-0.39, 0.29) is 12.0 Å². The highest BCUT2D eigenvalue weighted by molar-refractivity contribution is 6.10. The molecule has 0 saturated heterocycles. The van der Waals surface area contributed by atoms with Crippen LogP contribution in [0.1, 0.15) is 12.5 Å². The second kappa shape index (κ2) is 6.52. The number of para-hydroxylation sites is 1. The van der Waals surface area contributed by atoms with E-state index in [0.29, 0.717) is 5.56 Å². The molecule has 3 rings (SSSR count). The van der Waals surface area contributed by atoms with Gasteiger partial charge in [-0.15, -0.1) is 0 Å². The van der Waals surface area contributed by atoms with E-state index in [1.54, 1.807) is 12.3 Å². The monoisotopic (exact) mass is 311 g/mol. The molecule has 0 bridgehead atoms. The first kappa shape index (κ1) is 15.1. The molecule has 0 saturated carbocycles. The van der Waals surface area contributed by atoms with Gasteiger partial charge in [0.2, 0.25) is 0 Å². The third-order valence-corrected chi connectivity index (χ3v) is 3.69. The molecule has 23 heavy (non-hydrogen) atoms. The summed E-state index contributed by atoms with van der Waals surface area (Å²) in [5, 5.41) is 12.6. The van der Waals surface area contributed by atoms with Crippen LogP contribution >= 0.6 is 0 Å². The first-order valence-corrected chi connectivity index (χ1v) is 7.48. The number of allylic oxidation sites excluding steroid dienone is 1. The molecule has 1 unspecified atom stereocenters. The molecule has 5 heteroatoms. The van der Waals surface area contributed by atoms with E-state index >= 15 is 0 Å². The van der Waals surface area contributed by atoms with Gasteiger partial charge in [-0.25, -0.2) is 9.38 Å². The molecule has 0 aromatic heterocycles. The Morgan fingerprint density at radius 2 is 2.00 bits per heavy atom. The van der Waals surface area contributed by atoms with E-state index in [4.69, 9.17) is 0 Å². The Morgan fingerprint density at radius 1 is 1.22 bits per heavy atom. The van der Waals surface area contributed by atoms with Crippen molar-refractivity contribution >= 4 is 17.5 Å². The van der Waals surface area contributed by atoms with Crippen LogP contribution in [-0.2, 0) is 0 Å². The number of rotatable bonds is 4. The quantitative estimate of drug-likeness (QED) is 0.905. The third-order valence-electron chi connectivity index (χ3n) is 3.69. The topological polar surface area (TPSA) is 47.9 Å². The van der Waals surface area contributed by atoms with Gasteiger partial charge in [0.25, 0.3) is 0 Å². The van der Waals surface area contributed by atoms with Crippen molar-refractivity contribution in [3.8, 4) is 5.75 Å². The maximum Gasteiger partial charge on any atom is 0.196 e. The molecule has 0 amide bonds. The summed E-state index contributed by atoms with van der Waals surface area (Å²) in [4.78, 5) is 6.56. The molecule has 0 aliphatic carbocycles. The lowest BCUT2D eigenvalue weighted by atomic mass is 10.1. The predicted octanol–water partition coefficient (Wildman–Crippen LogP) is 3.67. The summed E-state index contributed by atoms with van der Waals surface area (Å²) in [6, 6.07) is 14.2. The fraction of sp³-hybridized carbons (Fsp3) is 0.167. The Kier molecular flexibility index (Phi) is 4.28. The summed E-state index contributed by atoms with van der Waals surface area (Å²) in [5.74, 6) is -0.984. The number of hydrogen-bond donors (Lipinski definition) is 2. The van der Waals surface area contributed by atoms with Crippen molar-refractivity contribution in [2.45, 2.75) is 13.2 Å². The second-order valence-electron chi connectivity index (χ2n) is 5.24. The van der Waals surface area contributed by atoms with Crippen molar-refractivity contribution in [3.05, 3.63) is 66.1 Å². The number of phenolic OH excluding ortho intramolecular Hbond substituents is 1. The summed E-state index contributed by atoms with van der Waals surface area (Å²) >= 11 is 0. The average molecular weight is 311 g/mol. The van der Waals surface area contributed by atoms with Gasteiger partial charge in [0.15, 0.2) is 17.9 Å². The molecule has 2 aromatic rings.